The van der Waals surface area contributed by atoms with Gasteiger partial charge in [-0.2, -0.15) is 0 Å². The summed E-state index contributed by atoms with van der Waals surface area (Å²) in [5.74, 6) is 0.623. The number of para-hydroxylation sites is 1. The smallest absolute Gasteiger partial charge is 0.253 e. The molecule has 2 heterocycles. The lowest BCUT2D eigenvalue weighted by Crippen LogP contribution is -2.45. The Hall–Kier alpha value is -2.09. The van der Waals surface area contributed by atoms with Crippen LogP contribution in [-0.4, -0.2) is 40.6 Å². The van der Waals surface area contributed by atoms with E-state index in [9.17, 15) is 9.90 Å². The average Bonchev–Trinajstić information content (AvgIpc) is 3.27. The van der Waals surface area contributed by atoms with Crippen LogP contribution < -0.4 is 4.72 Å². The maximum absolute atomic E-state index is 13.0. The fourth-order valence-corrected chi connectivity index (χ4v) is 5.93. The number of aliphatic hydroxyl groups is 1. The van der Waals surface area contributed by atoms with Crippen molar-refractivity contribution in [2.24, 2.45) is 11.3 Å². The Morgan fingerprint density at radius 1 is 1.23 bits per heavy atom. The molecule has 1 aliphatic heterocycles. The fraction of sp³-hybridized carbons (Fsp3) is 0.417. The number of anilines is 1. The summed E-state index contributed by atoms with van der Waals surface area (Å²) in [5, 5.41) is 9.93. The zero-order valence-corrected chi connectivity index (χ0v) is 19.6. The van der Waals surface area contributed by atoms with Gasteiger partial charge in [0.25, 0.3) is 5.91 Å². The summed E-state index contributed by atoms with van der Waals surface area (Å²) >= 11 is 3.17. The number of carbonyl (C=O) groups excluding carboxylic acids is 1. The van der Waals surface area contributed by atoms with E-state index >= 15 is 0 Å². The first-order chi connectivity index (χ1) is 15.0. The second-order valence-corrected chi connectivity index (χ2v) is 10.5. The molecular weight excluding hydrogens is 426 g/mol. The molecule has 1 fully saturated rings. The molecular formula is C24H29N3O2S2. The molecule has 31 heavy (non-hydrogen) atoms. The van der Waals surface area contributed by atoms with Crippen molar-refractivity contribution in [3.63, 3.8) is 0 Å². The highest BCUT2D eigenvalue weighted by molar-refractivity contribution is 8.00. The van der Waals surface area contributed by atoms with Crippen molar-refractivity contribution >= 4 is 45.1 Å². The van der Waals surface area contributed by atoms with Gasteiger partial charge in [0, 0.05) is 30.9 Å². The molecule has 1 aliphatic rings. The molecule has 1 amide bonds. The number of rotatable bonds is 7. The van der Waals surface area contributed by atoms with Gasteiger partial charge >= 0.3 is 0 Å². The second kappa shape index (κ2) is 9.59. The number of benzene rings is 2. The van der Waals surface area contributed by atoms with Gasteiger partial charge < -0.3 is 14.7 Å². The lowest BCUT2D eigenvalue weighted by molar-refractivity contribution is 0.0247. The van der Waals surface area contributed by atoms with Crippen molar-refractivity contribution in [3.05, 3.63) is 53.5 Å². The number of carbonyl (C=O) groups is 1. The predicted octanol–water partition coefficient (Wildman–Crippen LogP) is 5.68. The highest BCUT2D eigenvalue weighted by atomic mass is 32.2. The number of hydrogen-bond donors (Lipinski definition) is 2. The number of aromatic nitrogens is 1. The lowest BCUT2D eigenvalue weighted by atomic mass is 9.73. The summed E-state index contributed by atoms with van der Waals surface area (Å²) < 4.78 is 4.53. The number of aliphatic hydroxyl groups excluding tert-OH is 1. The number of hydrogen-bond acceptors (Lipinski definition) is 6. The van der Waals surface area contributed by atoms with Crippen LogP contribution in [0.25, 0.3) is 10.2 Å². The van der Waals surface area contributed by atoms with Gasteiger partial charge in [0.15, 0.2) is 0 Å². The molecule has 0 saturated carbocycles. The molecule has 0 radical (unpaired) electrons. The number of likely N-dealkylation sites (tertiary alicyclic amines) is 1. The summed E-state index contributed by atoms with van der Waals surface area (Å²) in [6.45, 7) is 6.01. The van der Waals surface area contributed by atoms with Crippen LogP contribution in [0.4, 0.5) is 5.69 Å². The van der Waals surface area contributed by atoms with Gasteiger partial charge in [0.2, 0.25) is 0 Å². The van der Waals surface area contributed by atoms with E-state index in [1.165, 1.54) is 16.6 Å². The third-order valence-electron chi connectivity index (χ3n) is 6.02. The minimum Gasteiger partial charge on any atom is -0.396 e. The van der Waals surface area contributed by atoms with Crippen molar-refractivity contribution in [1.29, 1.82) is 0 Å². The third-order valence-corrected chi connectivity index (χ3v) is 7.70. The van der Waals surface area contributed by atoms with Crippen molar-refractivity contribution in [2.75, 3.05) is 24.4 Å². The van der Waals surface area contributed by atoms with Crippen molar-refractivity contribution in [3.8, 4) is 0 Å². The van der Waals surface area contributed by atoms with Gasteiger partial charge in [0.1, 0.15) is 0 Å². The Morgan fingerprint density at radius 3 is 2.65 bits per heavy atom. The van der Waals surface area contributed by atoms with E-state index in [-0.39, 0.29) is 17.9 Å². The molecule has 0 atom stereocenters. The molecule has 5 nitrogen and oxygen atoms in total. The Labute approximate surface area is 192 Å². The molecule has 0 spiro atoms. The number of fused-ring (bicyclic) bond motifs is 1. The topological polar surface area (TPSA) is 65.5 Å². The largest absolute Gasteiger partial charge is 0.396 e. The Bertz CT molecular complexity index is 1020. The van der Waals surface area contributed by atoms with E-state index in [1.54, 1.807) is 11.3 Å². The van der Waals surface area contributed by atoms with E-state index < -0.39 is 0 Å². The number of thiazole rings is 1. The molecule has 2 N–H and O–H groups in total. The maximum atomic E-state index is 13.0. The number of piperidine rings is 1. The molecule has 3 aromatic rings. The summed E-state index contributed by atoms with van der Waals surface area (Å²) in [7, 11) is 0. The number of nitrogens with one attached hydrogen (secondary N) is 1. The van der Waals surface area contributed by atoms with Gasteiger partial charge in [-0.15, -0.1) is 11.3 Å². The SMILES string of the molecule is CC(C)CC1(CO)CCN(C(=O)c2ccc(NSc3cccc4scnc34)cc2)CC1. The molecule has 2 aromatic carbocycles. The molecule has 7 heteroatoms. The molecule has 0 aliphatic carbocycles. The van der Waals surface area contributed by atoms with Crippen molar-refractivity contribution in [1.82, 2.24) is 9.88 Å². The van der Waals surface area contributed by atoms with E-state index in [2.05, 4.69) is 35.7 Å². The van der Waals surface area contributed by atoms with E-state index in [0.29, 0.717) is 24.6 Å². The first-order valence-electron chi connectivity index (χ1n) is 10.7. The minimum atomic E-state index is -0.0316. The van der Waals surface area contributed by atoms with Gasteiger partial charge in [-0.05, 0) is 78.9 Å². The average molecular weight is 456 g/mol. The molecule has 0 unspecified atom stereocenters. The summed E-state index contributed by atoms with van der Waals surface area (Å²) in [6.07, 6.45) is 2.75. The van der Waals surface area contributed by atoms with E-state index in [4.69, 9.17) is 0 Å². The van der Waals surface area contributed by atoms with Crippen LogP contribution in [0.15, 0.2) is 52.9 Å². The van der Waals surface area contributed by atoms with Crippen LogP contribution >= 0.6 is 23.3 Å². The molecule has 4 rings (SSSR count). The highest BCUT2D eigenvalue weighted by Crippen LogP contribution is 2.37. The van der Waals surface area contributed by atoms with Crippen LogP contribution in [0.3, 0.4) is 0 Å². The Balaban J connectivity index is 1.35. The van der Waals surface area contributed by atoms with Gasteiger partial charge in [0.05, 0.1) is 20.6 Å². The van der Waals surface area contributed by atoms with Gasteiger partial charge in [-0.25, -0.2) is 4.98 Å². The molecule has 164 valence electrons. The molecule has 0 bridgehead atoms. The normalized spacial score (nSPS) is 16.1. The maximum Gasteiger partial charge on any atom is 0.253 e. The molecule has 1 saturated heterocycles. The zero-order valence-electron chi connectivity index (χ0n) is 18.0. The van der Waals surface area contributed by atoms with Crippen LogP contribution in [0.2, 0.25) is 0 Å². The molecule has 1 aromatic heterocycles. The standard InChI is InChI=1S/C24H29N3O2S2/c1-17(2)14-24(15-28)10-12-27(13-11-24)23(29)18-6-8-19(9-7-18)26-31-21-5-3-4-20-22(21)25-16-30-20/h3-9,16-17,26,28H,10-15H2,1-2H3. The summed E-state index contributed by atoms with van der Waals surface area (Å²) in [5.41, 5.74) is 4.50. The fourth-order valence-electron chi connectivity index (χ4n) is 4.40. The zero-order chi connectivity index (χ0) is 21.8. The minimum absolute atomic E-state index is 0.0316. The number of nitrogens with zero attached hydrogens (tertiary/aromatic N) is 2. The predicted molar refractivity (Wildman–Crippen MR) is 130 cm³/mol. The summed E-state index contributed by atoms with van der Waals surface area (Å²) in [6, 6.07) is 13.8. The Morgan fingerprint density at radius 2 is 1.97 bits per heavy atom. The number of amides is 1. The summed E-state index contributed by atoms with van der Waals surface area (Å²) in [4.78, 5) is 20.4. The van der Waals surface area contributed by atoms with Crippen LogP contribution in [0.5, 0.6) is 0 Å². The van der Waals surface area contributed by atoms with Gasteiger partial charge in [-0.1, -0.05) is 19.9 Å². The van der Waals surface area contributed by atoms with E-state index in [0.717, 1.165) is 35.4 Å². The van der Waals surface area contributed by atoms with Crippen LogP contribution in [-0.2, 0) is 0 Å². The van der Waals surface area contributed by atoms with Crippen LogP contribution in [0.1, 0.15) is 43.5 Å². The quantitative estimate of drug-likeness (QED) is 0.449. The lowest BCUT2D eigenvalue weighted by Gasteiger charge is -2.41. The van der Waals surface area contributed by atoms with E-state index in [1.807, 2.05) is 40.7 Å². The van der Waals surface area contributed by atoms with Crippen molar-refractivity contribution < 1.29 is 9.90 Å². The van der Waals surface area contributed by atoms with Gasteiger partial charge in [-0.3, -0.25) is 4.79 Å². The van der Waals surface area contributed by atoms with Crippen molar-refractivity contribution in [2.45, 2.75) is 38.0 Å². The van der Waals surface area contributed by atoms with Crippen LogP contribution in [0, 0.1) is 11.3 Å². The monoisotopic (exact) mass is 455 g/mol. The Kier molecular flexibility index (Phi) is 6.84. The first kappa shape index (κ1) is 22.1. The third kappa shape index (κ3) is 5.05. The first-order valence-corrected chi connectivity index (χ1v) is 12.4. The second-order valence-electron chi connectivity index (χ2n) is 8.79. The highest BCUT2D eigenvalue weighted by Gasteiger charge is 2.36.